The van der Waals surface area contributed by atoms with Gasteiger partial charge in [0.05, 0.1) is 6.10 Å². The van der Waals surface area contributed by atoms with Gasteiger partial charge in [-0.3, -0.25) is 0 Å². The lowest BCUT2D eigenvalue weighted by Gasteiger charge is -2.01. The number of carbonyl (C=O) groups excluding carboxylic acids is 1. The highest BCUT2D eigenvalue weighted by Crippen LogP contribution is 2.19. The lowest BCUT2D eigenvalue weighted by molar-refractivity contribution is -0.108. The van der Waals surface area contributed by atoms with Crippen molar-refractivity contribution in [3.63, 3.8) is 0 Å². The molecule has 0 aromatic rings. The second-order valence-corrected chi connectivity index (χ2v) is 2.35. The highest BCUT2D eigenvalue weighted by molar-refractivity contribution is 5.50. The van der Waals surface area contributed by atoms with Crippen LogP contribution in [0, 0.1) is 5.92 Å². The van der Waals surface area contributed by atoms with Crippen LogP contribution in [0.3, 0.4) is 0 Å². The van der Waals surface area contributed by atoms with E-state index in [1.54, 1.807) is 6.08 Å². The molecule has 50 valence electrons. The Labute approximate surface area is 54.2 Å². The van der Waals surface area contributed by atoms with Crippen LogP contribution in [-0.2, 0) is 4.79 Å². The molecule has 0 saturated carbocycles. The molecule has 9 heavy (non-hydrogen) atoms. The summed E-state index contributed by atoms with van der Waals surface area (Å²) >= 11 is 0. The number of aliphatic hydroxyl groups is 1. The minimum Gasteiger partial charge on any atom is -0.389 e. The van der Waals surface area contributed by atoms with E-state index in [9.17, 15) is 4.79 Å². The summed E-state index contributed by atoms with van der Waals surface area (Å²) in [6.07, 6.45) is 5.50. The van der Waals surface area contributed by atoms with Gasteiger partial charge in [-0.25, -0.2) is 0 Å². The monoisotopic (exact) mass is 126 g/mol. The van der Waals surface area contributed by atoms with Crippen LogP contribution in [0.2, 0.25) is 0 Å². The zero-order chi connectivity index (χ0) is 6.69. The molecule has 1 rings (SSSR count). The number of aldehydes is 1. The van der Waals surface area contributed by atoms with Crippen LogP contribution in [-0.4, -0.2) is 17.5 Å². The van der Waals surface area contributed by atoms with E-state index in [1.165, 1.54) is 0 Å². The molecule has 1 aliphatic rings. The maximum absolute atomic E-state index is 9.95. The molecule has 1 N–H and O–H groups in total. The fourth-order valence-electron chi connectivity index (χ4n) is 1.05. The Hall–Kier alpha value is -0.630. The number of carbonyl (C=O) groups is 1. The Balaban J connectivity index is 2.31. The van der Waals surface area contributed by atoms with Crippen molar-refractivity contribution in [2.45, 2.75) is 18.9 Å². The van der Waals surface area contributed by atoms with Crippen molar-refractivity contribution in [1.82, 2.24) is 0 Å². The van der Waals surface area contributed by atoms with Gasteiger partial charge in [-0.1, -0.05) is 12.2 Å². The van der Waals surface area contributed by atoms with Crippen LogP contribution in [0.15, 0.2) is 12.2 Å². The van der Waals surface area contributed by atoms with Gasteiger partial charge in [-0.2, -0.15) is 0 Å². The van der Waals surface area contributed by atoms with E-state index in [1.807, 2.05) is 6.08 Å². The van der Waals surface area contributed by atoms with Crippen LogP contribution in [0.1, 0.15) is 12.8 Å². The summed E-state index contributed by atoms with van der Waals surface area (Å²) in [5, 5.41) is 8.92. The standard InChI is InChI=1S/C7H10O2/c8-4-3-6-1-2-7(9)5-6/h1-2,4,6-7,9H,3,5H2. The van der Waals surface area contributed by atoms with Gasteiger partial charge in [0.25, 0.3) is 0 Å². The summed E-state index contributed by atoms with van der Waals surface area (Å²) in [6.45, 7) is 0. The topological polar surface area (TPSA) is 37.3 Å². The Morgan fingerprint density at radius 3 is 2.89 bits per heavy atom. The molecular formula is C7H10O2. The molecule has 1 aliphatic carbocycles. The van der Waals surface area contributed by atoms with Crippen LogP contribution in [0.4, 0.5) is 0 Å². The van der Waals surface area contributed by atoms with Crippen molar-refractivity contribution in [3.8, 4) is 0 Å². The van der Waals surface area contributed by atoms with E-state index < -0.39 is 0 Å². The number of aliphatic hydroxyl groups excluding tert-OH is 1. The van der Waals surface area contributed by atoms with E-state index in [-0.39, 0.29) is 12.0 Å². The summed E-state index contributed by atoms with van der Waals surface area (Å²) in [6, 6.07) is 0. The molecular weight excluding hydrogens is 116 g/mol. The van der Waals surface area contributed by atoms with Crippen molar-refractivity contribution in [3.05, 3.63) is 12.2 Å². The zero-order valence-electron chi connectivity index (χ0n) is 5.16. The molecule has 0 bridgehead atoms. The maximum Gasteiger partial charge on any atom is 0.120 e. The predicted octanol–water partition coefficient (Wildman–Crippen LogP) is 0.512. The van der Waals surface area contributed by atoms with Crippen molar-refractivity contribution >= 4 is 6.29 Å². The molecule has 0 aromatic carbocycles. The summed E-state index contributed by atoms with van der Waals surface area (Å²) in [4.78, 5) is 9.95. The molecule has 2 heteroatoms. The average molecular weight is 126 g/mol. The van der Waals surface area contributed by atoms with E-state index in [4.69, 9.17) is 5.11 Å². The first kappa shape index (κ1) is 6.49. The quantitative estimate of drug-likeness (QED) is 0.432. The summed E-state index contributed by atoms with van der Waals surface area (Å²) < 4.78 is 0. The van der Waals surface area contributed by atoms with E-state index in [2.05, 4.69) is 0 Å². The second-order valence-electron chi connectivity index (χ2n) is 2.35. The molecule has 0 amide bonds. The summed E-state index contributed by atoms with van der Waals surface area (Å²) in [7, 11) is 0. The maximum atomic E-state index is 9.95. The third-order valence-electron chi connectivity index (χ3n) is 1.55. The Morgan fingerprint density at radius 2 is 2.44 bits per heavy atom. The van der Waals surface area contributed by atoms with Gasteiger partial charge in [0.15, 0.2) is 0 Å². The lowest BCUT2D eigenvalue weighted by Crippen LogP contribution is -2.01. The molecule has 0 aromatic heterocycles. The smallest absolute Gasteiger partial charge is 0.120 e. The largest absolute Gasteiger partial charge is 0.389 e. The van der Waals surface area contributed by atoms with Gasteiger partial charge < -0.3 is 9.90 Å². The van der Waals surface area contributed by atoms with Crippen molar-refractivity contribution < 1.29 is 9.90 Å². The van der Waals surface area contributed by atoms with Gasteiger partial charge in [0.1, 0.15) is 6.29 Å². The van der Waals surface area contributed by atoms with Gasteiger partial charge in [-0.15, -0.1) is 0 Å². The predicted molar refractivity (Wildman–Crippen MR) is 33.9 cm³/mol. The third kappa shape index (κ3) is 1.64. The molecule has 2 atom stereocenters. The second kappa shape index (κ2) is 2.78. The van der Waals surface area contributed by atoms with E-state index >= 15 is 0 Å². The highest BCUT2D eigenvalue weighted by atomic mass is 16.3. The first-order valence-corrected chi connectivity index (χ1v) is 3.13. The minimum atomic E-state index is -0.310. The van der Waals surface area contributed by atoms with Crippen LogP contribution < -0.4 is 0 Å². The molecule has 0 saturated heterocycles. The molecule has 0 radical (unpaired) electrons. The Bertz CT molecular complexity index is 129. The molecule has 0 aliphatic heterocycles. The average Bonchev–Trinajstić information content (AvgIpc) is 2.17. The zero-order valence-corrected chi connectivity index (χ0v) is 5.16. The first-order chi connectivity index (χ1) is 4.33. The first-order valence-electron chi connectivity index (χ1n) is 3.13. The van der Waals surface area contributed by atoms with Crippen molar-refractivity contribution in [2.75, 3.05) is 0 Å². The SMILES string of the molecule is O=CCC1C=CC(O)C1. The van der Waals surface area contributed by atoms with E-state index in [0.29, 0.717) is 6.42 Å². The number of rotatable bonds is 2. The third-order valence-corrected chi connectivity index (χ3v) is 1.55. The fourth-order valence-corrected chi connectivity index (χ4v) is 1.05. The molecule has 2 nitrogen and oxygen atoms in total. The lowest BCUT2D eigenvalue weighted by atomic mass is 10.1. The van der Waals surface area contributed by atoms with Gasteiger partial charge >= 0.3 is 0 Å². The number of allylic oxidation sites excluding steroid dienone is 1. The highest BCUT2D eigenvalue weighted by Gasteiger charge is 2.14. The minimum absolute atomic E-state index is 0.289. The number of hydrogen-bond donors (Lipinski definition) is 1. The molecule has 2 unspecified atom stereocenters. The van der Waals surface area contributed by atoms with Crippen LogP contribution in [0.25, 0.3) is 0 Å². The number of hydrogen-bond acceptors (Lipinski definition) is 2. The van der Waals surface area contributed by atoms with Crippen LogP contribution in [0.5, 0.6) is 0 Å². The van der Waals surface area contributed by atoms with Crippen molar-refractivity contribution in [2.24, 2.45) is 5.92 Å². The summed E-state index contributed by atoms with van der Waals surface area (Å²) in [5.74, 6) is 0.289. The van der Waals surface area contributed by atoms with Gasteiger partial charge in [0.2, 0.25) is 0 Å². The normalized spacial score (nSPS) is 33.0. The fraction of sp³-hybridized carbons (Fsp3) is 0.571. The Morgan fingerprint density at radius 1 is 1.67 bits per heavy atom. The molecule has 0 heterocycles. The Kier molecular flexibility index (Phi) is 2.01. The summed E-state index contributed by atoms with van der Waals surface area (Å²) in [5.41, 5.74) is 0. The van der Waals surface area contributed by atoms with Crippen molar-refractivity contribution in [1.29, 1.82) is 0 Å². The van der Waals surface area contributed by atoms with Crippen LogP contribution >= 0.6 is 0 Å². The molecule has 0 spiro atoms. The molecule has 0 fully saturated rings. The van der Waals surface area contributed by atoms with Gasteiger partial charge in [0, 0.05) is 6.42 Å². The van der Waals surface area contributed by atoms with Gasteiger partial charge in [-0.05, 0) is 12.3 Å². The van der Waals surface area contributed by atoms with E-state index in [0.717, 1.165) is 12.7 Å².